The summed E-state index contributed by atoms with van der Waals surface area (Å²) in [6.45, 7) is 3.76. The lowest BCUT2D eigenvalue weighted by Crippen LogP contribution is -2.62. The molecule has 8 heteroatoms. The molecule has 2 aliphatic heterocycles. The Morgan fingerprint density at radius 3 is 2.64 bits per heavy atom. The Morgan fingerprint density at radius 2 is 1.94 bits per heavy atom. The summed E-state index contributed by atoms with van der Waals surface area (Å²) in [6.07, 6.45) is 9.55. The topological polar surface area (TPSA) is 82.1 Å². The molecule has 0 radical (unpaired) electrons. The number of hydrogen-bond donors (Lipinski definition) is 1. The van der Waals surface area contributed by atoms with E-state index in [9.17, 15) is 14.4 Å². The standard InChI is InChI=1S/C25H29ClN4O3/c1-17-6-5-13-30-23(17)28-21(31)14-25(30,2)24(33)29(15-18-9-11-19(26)12-10-18)16-22(32)27-20-7-3-4-8-20/h5-6,9-13,20H,3-4,7-8,14-16H2,1-2H3,(H,27,32). The molecule has 0 bridgehead atoms. The lowest BCUT2D eigenvalue weighted by molar-refractivity contribution is -0.146. The summed E-state index contributed by atoms with van der Waals surface area (Å²) in [7, 11) is 0. The highest BCUT2D eigenvalue weighted by Gasteiger charge is 2.48. The summed E-state index contributed by atoms with van der Waals surface area (Å²) in [5, 5.41) is 3.66. The molecule has 7 nitrogen and oxygen atoms in total. The Labute approximate surface area is 199 Å². The van der Waals surface area contributed by atoms with Crippen molar-refractivity contribution in [3.05, 3.63) is 58.8 Å². The van der Waals surface area contributed by atoms with Crippen LogP contribution in [0.2, 0.25) is 5.02 Å². The van der Waals surface area contributed by atoms with Crippen molar-refractivity contribution in [2.24, 2.45) is 4.99 Å². The molecule has 1 aliphatic carbocycles. The van der Waals surface area contributed by atoms with Crippen LogP contribution in [-0.4, -0.2) is 51.5 Å². The second-order valence-corrected chi connectivity index (χ2v) is 9.61. The van der Waals surface area contributed by atoms with Gasteiger partial charge in [-0.3, -0.25) is 14.4 Å². The van der Waals surface area contributed by atoms with Gasteiger partial charge < -0.3 is 15.1 Å². The molecule has 2 heterocycles. The first kappa shape index (κ1) is 23.2. The number of halogens is 1. The maximum absolute atomic E-state index is 14.0. The Kier molecular flexibility index (Phi) is 6.70. The van der Waals surface area contributed by atoms with Crippen LogP contribution in [0.25, 0.3) is 0 Å². The molecule has 0 saturated heterocycles. The number of allylic oxidation sites excluding steroid dienone is 2. The Bertz CT molecular complexity index is 1040. The minimum absolute atomic E-state index is 0.0612. The molecule has 1 unspecified atom stereocenters. The normalized spacial score (nSPS) is 22.5. The molecule has 1 saturated carbocycles. The maximum atomic E-state index is 14.0. The van der Waals surface area contributed by atoms with Crippen molar-refractivity contribution in [3.8, 4) is 0 Å². The fourth-order valence-corrected chi connectivity index (χ4v) is 4.86. The van der Waals surface area contributed by atoms with Crippen molar-refractivity contribution in [1.82, 2.24) is 15.1 Å². The number of carbonyl (C=O) groups is 3. The summed E-state index contributed by atoms with van der Waals surface area (Å²) in [4.78, 5) is 46.9. The largest absolute Gasteiger partial charge is 0.352 e. The number of nitrogens with zero attached hydrogens (tertiary/aromatic N) is 3. The second kappa shape index (κ2) is 9.51. The summed E-state index contributed by atoms with van der Waals surface area (Å²) in [5.74, 6) is -0.346. The minimum atomic E-state index is -1.18. The summed E-state index contributed by atoms with van der Waals surface area (Å²) < 4.78 is 0. The molecule has 3 amide bonds. The molecule has 1 aromatic rings. The number of hydrogen-bond acceptors (Lipinski definition) is 4. The predicted octanol–water partition coefficient (Wildman–Crippen LogP) is 3.59. The zero-order valence-corrected chi connectivity index (χ0v) is 19.8. The molecule has 174 valence electrons. The summed E-state index contributed by atoms with van der Waals surface area (Å²) in [5.41, 5.74) is 0.486. The fraction of sp³-hybridized carbons (Fsp3) is 0.440. The molecule has 1 N–H and O–H groups in total. The van der Waals surface area contributed by atoms with Crippen molar-refractivity contribution in [1.29, 1.82) is 0 Å². The van der Waals surface area contributed by atoms with E-state index in [1.807, 2.05) is 31.2 Å². The highest BCUT2D eigenvalue weighted by atomic mass is 35.5. The predicted molar refractivity (Wildman–Crippen MR) is 127 cm³/mol. The van der Waals surface area contributed by atoms with E-state index in [0.717, 1.165) is 36.8 Å². The minimum Gasteiger partial charge on any atom is -0.352 e. The van der Waals surface area contributed by atoms with Crippen molar-refractivity contribution < 1.29 is 14.4 Å². The number of carbonyl (C=O) groups excluding carboxylic acids is 3. The molecule has 4 rings (SSSR count). The zero-order valence-electron chi connectivity index (χ0n) is 19.0. The third-order valence-electron chi connectivity index (χ3n) is 6.51. The van der Waals surface area contributed by atoms with Gasteiger partial charge >= 0.3 is 0 Å². The summed E-state index contributed by atoms with van der Waals surface area (Å²) in [6, 6.07) is 7.36. The number of nitrogens with one attached hydrogen (secondary N) is 1. The van der Waals surface area contributed by atoms with E-state index in [0.29, 0.717) is 10.9 Å². The van der Waals surface area contributed by atoms with Gasteiger partial charge in [0.1, 0.15) is 11.4 Å². The Hall–Kier alpha value is -2.93. The molecule has 0 spiro atoms. The second-order valence-electron chi connectivity index (χ2n) is 9.18. The zero-order chi connectivity index (χ0) is 23.6. The summed E-state index contributed by atoms with van der Waals surface area (Å²) >= 11 is 6.03. The molecule has 3 aliphatic rings. The van der Waals surface area contributed by atoms with E-state index in [1.54, 1.807) is 30.2 Å². The average molecular weight is 469 g/mol. The van der Waals surface area contributed by atoms with Crippen molar-refractivity contribution in [2.45, 2.75) is 64.1 Å². The number of aliphatic imine (C=N–C) groups is 1. The third kappa shape index (κ3) is 5.03. The SMILES string of the molecule is CC1=CC=CN2C1=NC(=O)CC2(C)C(=O)N(CC(=O)NC1CCCC1)Cc1ccc(Cl)cc1. The average Bonchev–Trinajstić information content (AvgIpc) is 3.28. The Balaban J connectivity index is 1.61. The number of amides is 3. The lowest BCUT2D eigenvalue weighted by atomic mass is 9.89. The van der Waals surface area contributed by atoms with Gasteiger partial charge in [-0.25, -0.2) is 0 Å². The number of rotatable bonds is 6. The highest BCUT2D eigenvalue weighted by molar-refractivity contribution is 6.30. The maximum Gasteiger partial charge on any atom is 0.250 e. The molecule has 1 fully saturated rings. The van der Waals surface area contributed by atoms with Crippen molar-refractivity contribution >= 4 is 35.2 Å². The van der Waals surface area contributed by atoms with E-state index >= 15 is 0 Å². The van der Waals surface area contributed by atoms with Gasteiger partial charge in [-0.1, -0.05) is 42.7 Å². The first-order chi connectivity index (χ1) is 15.8. The van der Waals surface area contributed by atoms with Gasteiger partial charge in [0, 0.05) is 23.8 Å². The molecule has 1 aromatic carbocycles. The molecule has 1 atom stereocenters. The van der Waals surface area contributed by atoms with Crippen LogP contribution in [0.5, 0.6) is 0 Å². The number of benzene rings is 1. The van der Waals surface area contributed by atoms with E-state index in [2.05, 4.69) is 10.3 Å². The molecular formula is C25H29ClN4O3. The fourth-order valence-electron chi connectivity index (χ4n) is 4.73. The van der Waals surface area contributed by atoms with Crippen LogP contribution in [-0.2, 0) is 20.9 Å². The van der Waals surface area contributed by atoms with Gasteiger partial charge in [-0.15, -0.1) is 0 Å². The van der Waals surface area contributed by atoms with E-state index in [4.69, 9.17) is 11.6 Å². The monoisotopic (exact) mass is 468 g/mol. The lowest BCUT2D eigenvalue weighted by Gasteiger charge is -2.45. The van der Waals surface area contributed by atoms with Gasteiger partial charge in [-0.05, 0) is 56.0 Å². The molecule has 0 aromatic heterocycles. The molecule has 33 heavy (non-hydrogen) atoms. The highest BCUT2D eigenvalue weighted by Crippen LogP contribution is 2.32. The smallest absolute Gasteiger partial charge is 0.250 e. The van der Waals surface area contributed by atoms with Crippen LogP contribution >= 0.6 is 11.6 Å². The molecular weight excluding hydrogens is 440 g/mol. The van der Waals surface area contributed by atoms with Crippen LogP contribution in [0.3, 0.4) is 0 Å². The van der Waals surface area contributed by atoms with Gasteiger partial charge in [0.2, 0.25) is 11.8 Å². The first-order valence-corrected chi connectivity index (χ1v) is 11.7. The third-order valence-corrected chi connectivity index (χ3v) is 6.76. The van der Waals surface area contributed by atoms with Gasteiger partial charge in [0.25, 0.3) is 5.91 Å². The number of fused-ring (bicyclic) bond motifs is 1. The van der Waals surface area contributed by atoms with Crippen LogP contribution < -0.4 is 5.32 Å². The van der Waals surface area contributed by atoms with Crippen LogP contribution in [0.1, 0.15) is 51.5 Å². The van der Waals surface area contributed by atoms with Crippen molar-refractivity contribution in [3.63, 3.8) is 0 Å². The van der Waals surface area contributed by atoms with Gasteiger partial charge in [-0.2, -0.15) is 4.99 Å². The first-order valence-electron chi connectivity index (χ1n) is 11.4. The van der Waals surface area contributed by atoms with Crippen molar-refractivity contribution in [2.75, 3.05) is 6.54 Å². The number of amidine groups is 1. The van der Waals surface area contributed by atoms with Gasteiger partial charge in [0.15, 0.2) is 0 Å². The van der Waals surface area contributed by atoms with E-state index in [1.165, 1.54) is 4.90 Å². The Morgan fingerprint density at radius 1 is 1.24 bits per heavy atom. The van der Waals surface area contributed by atoms with Crippen LogP contribution in [0.4, 0.5) is 0 Å². The van der Waals surface area contributed by atoms with E-state index < -0.39 is 5.54 Å². The van der Waals surface area contributed by atoms with E-state index in [-0.39, 0.29) is 43.3 Å². The quantitative estimate of drug-likeness (QED) is 0.691. The van der Waals surface area contributed by atoms with Crippen LogP contribution in [0, 0.1) is 0 Å². The van der Waals surface area contributed by atoms with Crippen LogP contribution in [0.15, 0.2) is 53.2 Å². The van der Waals surface area contributed by atoms with Gasteiger partial charge in [0.05, 0.1) is 13.0 Å².